The summed E-state index contributed by atoms with van der Waals surface area (Å²) >= 11 is 6.09. The predicted molar refractivity (Wildman–Crippen MR) is 76.7 cm³/mol. The highest BCUT2D eigenvalue weighted by Gasteiger charge is 2.31. The van der Waals surface area contributed by atoms with Crippen LogP contribution in [0.5, 0.6) is 0 Å². The van der Waals surface area contributed by atoms with E-state index in [1.54, 1.807) is 19.1 Å². The Bertz CT molecular complexity index is 560. The molecule has 4 nitrogen and oxygen atoms in total. The van der Waals surface area contributed by atoms with E-state index in [0.717, 1.165) is 24.8 Å². The van der Waals surface area contributed by atoms with Crippen LogP contribution in [0.4, 0.5) is 0 Å². The third-order valence-electron chi connectivity index (χ3n) is 3.71. The van der Waals surface area contributed by atoms with Crippen LogP contribution >= 0.6 is 11.6 Å². The lowest BCUT2D eigenvalue weighted by Gasteiger charge is -2.20. The summed E-state index contributed by atoms with van der Waals surface area (Å²) < 4.78 is 27.5. The Labute approximate surface area is 119 Å². The number of hydrogen-bond donors (Lipinski definition) is 2. The van der Waals surface area contributed by atoms with Gasteiger partial charge in [-0.2, -0.15) is 0 Å². The molecule has 19 heavy (non-hydrogen) atoms. The zero-order valence-corrected chi connectivity index (χ0v) is 12.5. The molecule has 0 saturated heterocycles. The minimum Gasteiger partial charge on any atom is -0.330 e. The Morgan fingerprint density at radius 3 is 2.84 bits per heavy atom. The molecule has 3 N–H and O–H groups in total. The van der Waals surface area contributed by atoms with Crippen LogP contribution in [0.2, 0.25) is 5.02 Å². The van der Waals surface area contributed by atoms with E-state index in [4.69, 9.17) is 17.3 Å². The van der Waals surface area contributed by atoms with E-state index >= 15 is 0 Å². The summed E-state index contributed by atoms with van der Waals surface area (Å²) in [6.45, 7) is 2.30. The number of nitrogens with two attached hydrogens (primary N) is 1. The molecule has 0 radical (unpaired) electrons. The number of halogens is 1. The lowest BCUT2D eigenvalue weighted by atomic mass is 10.1. The zero-order chi connectivity index (χ0) is 14.0. The Balaban J connectivity index is 2.25. The second-order valence-electron chi connectivity index (χ2n) is 5.04. The quantitative estimate of drug-likeness (QED) is 0.894. The summed E-state index contributed by atoms with van der Waals surface area (Å²) in [4.78, 5) is 0.150. The number of sulfonamides is 1. The van der Waals surface area contributed by atoms with Crippen LogP contribution in [0.3, 0.4) is 0 Å². The first-order valence-electron chi connectivity index (χ1n) is 6.43. The van der Waals surface area contributed by atoms with Crippen molar-refractivity contribution in [2.75, 3.05) is 6.54 Å². The summed E-state index contributed by atoms with van der Waals surface area (Å²) in [5.41, 5.74) is 6.43. The Morgan fingerprint density at radius 2 is 2.16 bits per heavy atom. The van der Waals surface area contributed by atoms with E-state index in [1.165, 1.54) is 6.07 Å². The zero-order valence-electron chi connectivity index (χ0n) is 10.9. The number of hydrogen-bond acceptors (Lipinski definition) is 3. The molecule has 0 aliphatic heterocycles. The highest BCUT2D eigenvalue weighted by Crippen LogP contribution is 2.29. The molecule has 2 atom stereocenters. The smallest absolute Gasteiger partial charge is 0.242 e. The van der Waals surface area contributed by atoms with Crippen molar-refractivity contribution in [3.8, 4) is 0 Å². The topological polar surface area (TPSA) is 72.2 Å². The number of aryl methyl sites for hydroxylation is 1. The molecule has 1 saturated carbocycles. The van der Waals surface area contributed by atoms with E-state index in [0.29, 0.717) is 6.54 Å². The van der Waals surface area contributed by atoms with E-state index in [9.17, 15) is 8.42 Å². The maximum Gasteiger partial charge on any atom is 0.242 e. The first kappa shape index (κ1) is 14.8. The van der Waals surface area contributed by atoms with Gasteiger partial charge in [-0.15, -0.1) is 0 Å². The third kappa shape index (κ3) is 3.11. The average Bonchev–Trinajstić information content (AvgIpc) is 2.78. The molecular weight excluding hydrogens is 284 g/mol. The Kier molecular flexibility index (Phi) is 4.50. The van der Waals surface area contributed by atoms with Crippen molar-refractivity contribution in [3.63, 3.8) is 0 Å². The van der Waals surface area contributed by atoms with Crippen molar-refractivity contribution >= 4 is 21.6 Å². The lowest BCUT2D eigenvalue weighted by Crippen LogP contribution is -2.39. The molecule has 0 spiro atoms. The predicted octanol–water partition coefficient (Wildman–Crippen LogP) is 2.05. The van der Waals surface area contributed by atoms with Gasteiger partial charge in [-0.1, -0.05) is 30.2 Å². The number of benzene rings is 1. The molecule has 1 aliphatic rings. The maximum absolute atomic E-state index is 12.4. The summed E-state index contributed by atoms with van der Waals surface area (Å²) in [5.74, 6) is 0.221. The summed E-state index contributed by atoms with van der Waals surface area (Å²) in [6.07, 6.45) is 2.83. The molecular formula is C13H19ClN2O2S. The van der Waals surface area contributed by atoms with Crippen LogP contribution in [0.1, 0.15) is 24.8 Å². The van der Waals surface area contributed by atoms with E-state index in [-0.39, 0.29) is 21.9 Å². The fourth-order valence-corrected chi connectivity index (χ4v) is 4.49. The molecule has 6 heteroatoms. The fourth-order valence-electron chi connectivity index (χ4n) is 2.56. The van der Waals surface area contributed by atoms with Gasteiger partial charge in [0.05, 0.1) is 5.02 Å². The highest BCUT2D eigenvalue weighted by atomic mass is 35.5. The van der Waals surface area contributed by atoms with Gasteiger partial charge in [-0.25, -0.2) is 13.1 Å². The van der Waals surface area contributed by atoms with Crippen LogP contribution in [-0.2, 0) is 10.0 Å². The molecule has 1 fully saturated rings. The summed E-state index contributed by atoms with van der Waals surface area (Å²) in [5, 5.41) is 0.289. The largest absolute Gasteiger partial charge is 0.330 e. The van der Waals surface area contributed by atoms with Crippen LogP contribution in [0.15, 0.2) is 23.1 Å². The fraction of sp³-hybridized carbons (Fsp3) is 0.538. The van der Waals surface area contributed by atoms with Gasteiger partial charge in [0.1, 0.15) is 4.90 Å². The average molecular weight is 303 g/mol. The Hall–Kier alpha value is -0.620. The molecule has 1 aliphatic carbocycles. The van der Waals surface area contributed by atoms with Gasteiger partial charge in [0.25, 0.3) is 0 Å². The van der Waals surface area contributed by atoms with Crippen LogP contribution < -0.4 is 10.5 Å². The van der Waals surface area contributed by atoms with Gasteiger partial charge in [0, 0.05) is 6.04 Å². The van der Waals surface area contributed by atoms with Gasteiger partial charge in [0.15, 0.2) is 0 Å². The van der Waals surface area contributed by atoms with Crippen molar-refractivity contribution in [1.82, 2.24) is 4.72 Å². The number of rotatable bonds is 4. The van der Waals surface area contributed by atoms with Gasteiger partial charge in [-0.3, -0.25) is 0 Å². The molecule has 1 aromatic carbocycles. The molecule has 2 rings (SSSR count). The normalized spacial score (nSPS) is 23.7. The molecule has 106 valence electrons. The monoisotopic (exact) mass is 302 g/mol. The number of nitrogens with one attached hydrogen (secondary N) is 1. The molecule has 2 unspecified atom stereocenters. The summed E-state index contributed by atoms with van der Waals surface area (Å²) in [7, 11) is -3.58. The minimum absolute atomic E-state index is 0.0772. The van der Waals surface area contributed by atoms with Crippen molar-refractivity contribution in [2.24, 2.45) is 11.7 Å². The van der Waals surface area contributed by atoms with Crippen LogP contribution in [-0.4, -0.2) is 21.0 Å². The van der Waals surface area contributed by atoms with Gasteiger partial charge >= 0.3 is 0 Å². The first-order valence-corrected chi connectivity index (χ1v) is 8.29. The molecule has 0 heterocycles. The lowest BCUT2D eigenvalue weighted by molar-refractivity contribution is 0.453. The van der Waals surface area contributed by atoms with Crippen molar-refractivity contribution in [1.29, 1.82) is 0 Å². The SMILES string of the molecule is Cc1cccc(S(=O)(=O)NC2CCCC2CN)c1Cl. The molecule has 0 aromatic heterocycles. The molecule has 0 amide bonds. The standard InChI is InChI=1S/C13H19ClN2O2S/c1-9-4-2-7-12(13(9)14)19(17,18)16-11-6-3-5-10(11)8-15/h2,4,7,10-11,16H,3,5-6,8,15H2,1H3. The molecule has 1 aromatic rings. The first-order chi connectivity index (χ1) is 8.95. The van der Waals surface area contributed by atoms with Gasteiger partial charge in [-0.05, 0) is 43.9 Å². The van der Waals surface area contributed by atoms with Crippen molar-refractivity contribution in [2.45, 2.75) is 37.1 Å². The maximum atomic E-state index is 12.4. The van der Waals surface area contributed by atoms with E-state index in [1.807, 2.05) is 0 Å². The highest BCUT2D eigenvalue weighted by molar-refractivity contribution is 7.89. The van der Waals surface area contributed by atoms with Crippen molar-refractivity contribution in [3.05, 3.63) is 28.8 Å². The second-order valence-corrected chi connectivity index (χ2v) is 7.10. The Morgan fingerprint density at radius 1 is 1.42 bits per heavy atom. The summed E-state index contributed by atoms with van der Waals surface area (Å²) in [6, 6.07) is 4.95. The minimum atomic E-state index is -3.58. The van der Waals surface area contributed by atoms with Gasteiger partial charge < -0.3 is 5.73 Å². The van der Waals surface area contributed by atoms with Crippen molar-refractivity contribution < 1.29 is 8.42 Å². The van der Waals surface area contributed by atoms with E-state index < -0.39 is 10.0 Å². The van der Waals surface area contributed by atoms with E-state index in [2.05, 4.69) is 4.72 Å². The second kappa shape index (κ2) is 5.79. The van der Waals surface area contributed by atoms with Gasteiger partial charge in [0.2, 0.25) is 10.0 Å². The molecule has 0 bridgehead atoms. The van der Waals surface area contributed by atoms with Crippen LogP contribution in [0.25, 0.3) is 0 Å². The third-order valence-corrected chi connectivity index (χ3v) is 5.86. The van der Waals surface area contributed by atoms with Crippen LogP contribution in [0, 0.1) is 12.8 Å².